The van der Waals surface area contributed by atoms with Gasteiger partial charge in [-0.15, -0.1) is 0 Å². The Bertz CT molecular complexity index is 1070. The molecule has 4 rings (SSSR count). The van der Waals surface area contributed by atoms with Crippen molar-refractivity contribution in [3.63, 3.8) is 0 Å². The van der Waals surface area contributed by atoms with Crippen LogP contribution in [-0.4, -0.2) is 51.3 Å². The fourth-order valence-corrected chi connectivity index (χ4v) is 3.86. The second kappa shape index (κ2) is 8.74. The molecule has 4 aromatic carbocycles. The first kappa shape index (κ1) is 20.2. The molecule has 4 aromatic rings. The summed E-state index contributed by atoms with van der Waals surface area (Å²) < 4.78 is 0. The van der Waals surface area contributed by atoms with Gasteiger partial charge in [-0.25, -0.2) is 0 Å². The fraction of sp³-hybridized carbons (Fsp3) is 0.231. The summed E-state index contributed by atoms with van der Waals surface area (Å²) >= 11 is 0. The molecule has 30 heavy (non-hydrogen) atoms. The second-order valence-corrected chi connectivity index (χ2v) is 8.25. The van der Waals surface area contributed by atoms with Crippen molar-refractivity contribution in [2.24, 2.45) is 0 Å². The zero-order chi connectivity index (χ0) is 21.1. The number of benzene rings is 4. The van der Waals surface area contributed by atoms with E-state index in [4.69, 9.17) is 0 Å². The van der Waals surface area contributed by atoms with Crippen LogP contribution in [0.4, 0.5) is 11.4 Å². The molecule has 0 unspecified atom stereocenters. The monoisotopic (exact) mass is 398 g/mol. The van der Waals surface area contributed by atoms with Crippen molar-refractivity contribution in [3.05, 3.63) is 72.8 Å². The molecule has 0 atom stereocenters. The lowest BCUT2D eigenvalue weighted by Crippen LogP contribution is -2.21. The topological polar surface area (TPSA) is 30.5 Å². The Balaban J connectivity index is 2.02. The molecule has 0 amide bonds. The predicted molar refractivity (Wildman–Crippen MR) is 131 cm³/mol. The van der Waals surface area contributed by atoms with Gasteiger partial charge in [0.25, 0.3) is 0 Å². The van der Waals surface area contributed by atoms with Gasteiger partial charge < -0.3 is 10.6 Å². The number of hydrogen-bond acceptors (Lipinski definition) is 4. The Morgan fingerprint density at radius 2 is 0.933 bits per heavy atom. The van der Waals surface area contributed by atoms with Gasteiger partial charge in [0.15, 0.2) is 0 Å². The highest BCUT2D eigenvalue weighted by Gasteiger charge is 2.17. The normalized spacial score (nSPS) is 11.5. The Morgan fingerprint density at radius 1 is 0.533 bits per heavy atom. The van der Waals surface area contributed by atoms with Gasteiger partial charge >= 0.3 is 0 Å². The van der Waals surface area contributed by atoms with E-state index in [1.54, 1.807) is 0 Å². The summed E-state index contributed by atoms with van der Waals surface area (Å²) in [5, 5.41) is 12.3. The van der Waals surface area contributed by atoms with Gasteiger partial charge in [-0.2, -0.15) is 0 Å². The van der Waals surface area contributed by atoms with Crippen molar-refractivity contribution in [2.75, 3.05) is 52.2 Å². The molecule has 0 aliphatic heterocycles. The maximum atomic E-state index is 3.65. The molecule has 0 fully saturated rings. The van der Waals surface area contributed by atoms with Crippen LogP contribution >= 0.6 is 0 Å². The Kier molecular flexibility index (Phi) is 5.88. The molecule has 0 aliphatic rings. The molecule has 0 saturated carbocycles. The van der Waals surface area contributed by atoms with Crippen molar-refractivity contribution >= 4 is 32.9 Å². The van der Waals surface area contributed by atoms with Crippen LogP contribution in [0.2, 0.25) is 0 Å². The summed E-state index contributed by atoms with van der Waals surface area (Å²) in [7, 11) is 8.32. The van der Waals surface area contributed by atoms with E-state index in [-0.39, 0.29) is 0 Å². The molecular formula is C26H30N4. The van der Waals surface area contributed by atoms with E-state index in [0.717, 1.165) is 24.7 Å². The van der Waals surface area contributed by atoms with Gasteiger partial charge in [0.05, 0.1) is 13.3 Å². The van der Waals surface area contributed by atoms with E-state index in [1.807, 2.05) is 0 Å². The smallest absolute Gasteiger partial charge is 0.0673 e. The van der Waals surface area contributed by atoms with Crippen LogP contribution in [0.15, 0.2) is 72.8 Å². The molecule has 0 saturated heterocycles. The maximum absolute atomic E-state index is 3.65. The zero-order valence-corrected chi connectivity index (χ0v) is 18.2. The number of nitrogens with zero attached hydrogens (tertiary/aromatic N) is 2. The summed E-state index contributed by atoms with van der Waals surface area (Å²) in [5.74, 6) is 0. The van der Waals surface area contributed by atoms with Crippen molar-refractivity contribution < 1.29 is 0 Å². The first-order chi connectivity index (χ1) is 14.5. The largest absolute Gasteiger partial charge is 0.372 e. The minimum atomic E-state index is 0.774. The van der Waals surface area contributed by atoms with Crippen LogP contribution in [0.3, 0.4) is 0 Å². The molecule has 0 heterocycles. The molecule has 0 spiro atoms. The molecular weight excluding hydrogens is 368 g/mol. The highest BCUT2D eigenvalue weighted by atomic mass is 15.2. The standard InChI is InChI=1S/C26H30N4/c1-29(2)17-27-23-15-13-19-9-5-7-11-21(19)25(23)26-22-12-8-6-10-20(22)14-16-24(26)28-18-30(3)4/h5-16,27-28H,17-18H2,1-4H3. The van der Waals surface area contributed by atoms with Crippen LogP contribution in [0.5, 0.6) is 0 Å². The molecule has 0 bridgehead atoms. The van der Waals surface area contributed by atoms with Gasteiger partial charge in [-0.1, -0.05) is 60.7 Å². The zero-order valence-electron chi connectivity index (χ0n) is 18.2. The molecule has 4 heteroatoms. The average Bonchev–Trinajstić information content (AvgIpc) is 2.75. The lowest BCUT2D eigenvalue weighted by atomic mass is 9.91. The van der Waals surface area contributed by atoms with E-state index < -0.39 is 0 Å². The highest BCUT2D eigenvalue weighted by molar-refractivity contribution is 6.13. The van der Waals surface area contributed by atoms with Crippen molar-refractivity contribution in [2.45, 2.75) is 0 Å². The molecule has 154 valence electrons. The first-order valence-corrected chi connectivity index (χ1v) is 10.4. The fourth-order valence-electron chi connectivity index (χ4n) is 3.86. The van der Waals surface area contributed by atoms with E-state index in [2.05, 4.69) is 121 Å². The van der Waals surface area contributed by atoms with Crippen LogP contribution in [0, 0.1) is 0 Å². The van der Waals surface area contributed by atoms with Crippen LogP contribution in [-0.2, 0) is 0 Å². The van der Waals surface area contributed by atoms with Gasteiger partial charge in [0.2, 0.25) is 0 Å². The van der Waals surface area contributed by atoms with Gasteiger partial charge in [0.1, 0.15) is 0 Å². The van der Waals surface area contributed by atoms with Crippen molar-refractivity contribution in [1.29, 1.82) is 0 Å². The Labute approximate surface area is 179 Å². The quantitative estimate of drug-likeness (QED) is 0.401. The maximum Gasteiger partial charge on any atom is 0.0673 e. The lowest BCUT2D eigenvalue weighted by Gasteiger charge is -2.22. The van der Waals surface area contributed by atoms with Crippen molar-refractivity contribution in [1.82, 2.24) is 9.80 Å². The number of nitrogens with one attached hydrogen (secondary N) is 2. The lowest BCUT2D eigenvalue weighted by molar-refractivity contribution is 0.440. The average molecular weight is 399 g/mol. The van der Waals surface area contributed by atoms with Gasteiger partial charge in [-0.05, 0) is 61.9 Å². The Morgan fingerprint density at radius 3 is 1.33 bits per heavy atom. The molecule has 4 nitrogen and oxygen atoms in total. The summed E-state index contributed by atoms with van der Waals surface area (Å²) in [6, 6.07) is 26.1. The van der Waals surface area contributed by atoms with Gasteiger partial charge in [0, 0.05) is 22.5 Å². The van der Waals surface area contributed by atoms with Crippen LogP contribution in [0.25, 0.3) is 32.7 Å². The Hall–Kier alpha value is -3.08. The number of anilines is 2. The molecule has 0 aromatic heterocycles. The predicted octanol–water partition coefficient (Wildman–Crippen LogP) is 5.52. The van der Waals surface area contributed by atoms with E-state index >= 15 is 0 Å². The minimum absolute atomic E-state index is 0.774. The molecule has 2 N–H and O–H groups in total. The first-order valence-electron chi connectivity index (χ1n) is 10.4. The number of hydrogen-bond donors (Lipinski definition) is 2. The number of fused-ring (bicyclic) bond motifs is 2. The van der Waals surface area contributed by atoms with E-state index in [0.29, 0.717) is 0 Å². The number of rotatable bonds is 7. The molecule has 0 radical (unpaired) electrons. The van der Waals surface area contributed by atoms with E-state index in [9.17, 15) is 0 Å². The third-order valence-corrected chi connectivity index (χ3v) is 5.28. The summed E-state index contributed by atoms with van der Waals surface area (Å²) in [5.41, 5.74) is 4.78. The summed E-state index contributed by atoms with van der Waals surface area (Å²) in [6.45, 7) is 1.55. The second-order valence-electron chi connectivity index (χ2n) is 8.25. The third-order valence-electron chi connectivity index (χ3n) is 5.28. The molecule has 0 aliphatic carbocycles. The summed E-state index contributed by atoms with van der Waals surface area (Å²) in [6.07, 6.45) is 0. The van der Waals surface area contributed by atoms with Gasteiger partial charge in [-0.3, -0.25) is 9.80 Å². The SMILES string of the molecule is CN(C)CNc1ccc2ccccc2c1-c1c(NCN(C)C)ccc2ccccc12. The third kappa shape index (κ3) is 4.11. The minimum Gasteiger partial charge on any atom is -0.372 e. The van der Waals surface area contributed by atoms with Crippen LogP contribution < -0.4 is 10.6 Å². The van der Waals surface area contributed by atoms with E-state index in [1.165, 1.54) is 32.7 Å². The summed E-state index contributed by atoms with van der Waals surface area (Å²) in [4.78, 5) is 4.29. The highest BCUT2D eigenvalue weighted by Crippen LogP contribution is 2.43. The van der Waals surface area contributed by atoms with Crippen LogP contribution in [0.1, 0.15) is 0 Å². The van der Waals surface area contributed by atoms with Crippen molar-refractivity contribution in [3.8, 4) is 11.1 Å².